The lowest BCUT2D eigenvalue weighted by Crippen LogP contribution is -2.53. The van der Waals surface area contributed by atoms with Crippen LogP contribution in [0.4, 0.5) is 28.4 Å². The molecule has 0 saturated heterocycles. The second-order valence-electron chi connectivity index (χ2n) is 4.91. The highest BCUT2D eigenvalue weighted by Crippen LogP contribution is 2.36. The molecular formula is C14H15F3N2O4. The minimum Gasteiger partial charge on any atom is -0.465 e. The van der Waals surface area contributed by atoms with E-state index in [0.717, 1.165) is 23.1 Å². The summed E-state index contributed by atoms with van der Waals surface area (Å²) in [5, 5.41) is 11.0. The number of carbonyl (C=O) groups excluding carboxylic acids is 1. The van der Waals surface area contributed by atoms with E-state index in [1.54, 1.807) is 6.92 Å². The Hall–Kier alpha value is -2.45. The number of alkyl halides is 3. The largest absolute Gasteiger partial charge is 0.465 e. The van der Waals surface area contributed by atoms with Gasteiger partial charge in [-0.05, 0) is 43.5 Å². The Morgan fingerprint density at radius 2 is 2.13 bits per heavy atom. The fourth-order valence-corrected chi connectivity index (χ4v) is 2.48. The number of anilines is 1. The topological polar surface area (TPSA) is 78.9 Å². The van der Waals surface area contributed by atoms with E-state index in [9.17, 15) is 22.8 Å². The second kappa shape index (κ2) is 6.35. The van der Waals surface area contributed by atoms with Gasteiger partial charge in [-0.15, -0.1) is 0 Å². The number of rotatable bonds is 2. The third-order valence-corrected chi connectivity index (χ3v) is 3.42. The maximum Gasteiger partial charge on any atom is 0.416 e. The van der Waals surface area contributed by atoms with Crippen LogP contribution >= 0.6 is 0 Å². The molecule has 6 nitrogen and oxygen atoms in total. The molecule has 0 spiro atoms. The predicted octanol–water partition coefficient (Wildman–Crippen LogP) is 3.21. The van der Waals surface area contributed by atoms with Gasteiger partial charge < -0.3 is 15.2 Å². The SMILES string of the molecule is CCOC(=O)N1c2ccc(C(F)(F)F)cc2CCC1NC(=O)O. The minimum absolute atomic E-state index is 0.0606. The van der Waals surface area contributed by atoms with Crippen LogP contribution in [0.5, 0.6) is 0 Å². The first kappa shape index (κ1) is 16.9. The summed E-state index contributed by atoms with van der Waals surface area (Å²) in [7, 11) is 0. The highest BCUT2D eigenvalue weighted by atomic mass is 19.4. The van der Waals surface area contributed by atoms with Crippen molar-refractivity contribution in [2.75, 3.05) is 11.5 Å². The van der Waals surface area contributed by atoms with Crippen LogP contribution in [-0.4, -0.2) is 30.1 Å². The number of fused-ring (bicyclic) bond motifs is 1. The van der Waals surface area contributed by atoms with Gasteiger partial charge in [0, 0.05) is 0 Å². The summed E-state index contributed by atoms with van der Waals surface area (Å²) >= 11 is 0. The Balaban J connectivity index is 2.42. The van der Waals surface area contributed by atoms with Crippen molar-refractivity contribution in [2.45, 2.75) is 32.1 Å². The fourth-order valence-electron chi connectivity index (χ4n) is 2.48. The van der Waals surface area contributed by atoms with E-state index >= 15 is 0 Å². The standard InChI is InChI=1S/C14H15F3N2O4/c1-2-23-13(22)19-10-5-4-9(14(15,16)17)7-8(10)3-6-11(19)18-12(20)21/h4-5,7,11,18H,2-3,6H2,1H3,(H,20,21). The van der Waals surface area contributed by atoms with E-state index < -0.39 is 30.1 Å². The lowest BCUT2D eigenvalue weighted by Gasteiger charge is -2.36. The Morgan fingerprint density at radius 3 is 2.70 bits per heavy atom. The lowest BCUT2D eigenvalue weighted by molar-refractivity contribution is -0.137. The van der Waals surface area contributed by atoms with Crippen molar-refractivity contribution in [3.05, 3.63) is 29.3 Å². The Labute approximate surface area is 129 Å². The average molecular weight is 332 g/mol. The zero-order valence-corrected chi connectivity index (χ0v) is 12.2. The molecule has 2 N–H and O–H groups in total. The van der Waals surface area contributed by atoms with Crippen molar-refractivity contribution in [1.82, 2.24) is 5.32 Å². The first-order valence-corrected chi connectivity index (χ1v) is 6.89. The van der Waals surface area contributed by atoms with Gasteiger partial charge >= 0.3 is 18.4 Å². The van der Waals surface area contributed by atoms with Crippen molar-refractivity contribution in [2.24, 2.45) is 0 Å². The number of carbonyl (C=O) groups is 2. The van der Waals surface area contributed by atoms with Gasteiger partial charge in [0.1, 0.15) is 6.17 Å². The molecule has 1 aliphatic rings. The number of hydrogen-bond acceptors (Lipinski definition) is 3. The van der Waals surface area contributed by atoms with Gasteiger partial charge in [0.15, 0.2) is 0 Å². The molecule has 126 valence electrons. The third-order valence-electron chi connectivity index (χ3n) is 3.42. The van der Waals surface area contributed by atoms with Crippen molar-refractivity contribution in [3.63, 3.8) is 0 Å². The first-order chi connectivity index (χ1) is 10.7. The number of amides is 2. The molecule has 0 aromatic heterocycles. The average Bonchev–Trinajstić information content (AvgIpc) is 2.45. The van der Waals surface area contributed by atoms with Crippen LogP contribution in [0.25, 0.3) is 0 Å². The van der Waals surface area contributed by atoms with Crippen LogP contribution < -0.4 is 10.2 Å². The van der Waals surface area contributed by atoms with Crippen molar-refractivity contribution in [1.29, 1.82) is 0 Å². The van der Waals surface area contributed by atoms with Crippen LogP contribution in [0.3, 0.4) is 0 Å². The molecular weight excluding hydrogens is 317 g/mol. The predicted molar refractivity (Wildman–Crippen MR) is 74.2 cm³/mol. The summed E-state index contributed by atoms with van der Waals surface area (Å²) in [4.78, 5) is 24.0. The molecule has 1 heterocycles. The maximum atomic E-state index is 12.8. The summed E-state index contributed by atoms with van der Waals surface area (Å²) in [5.74, 6) is 0. The molecule has 0 radical (unpaired) electrons. The number of nitrogens with one attached hydrogen (secondary N) is 1. The lowest BCUT2D eigenvalue weighted by atomic mass is 9.97. The number of benzene rings is 1. The molecule has 0 saturated carbocycles. The summed E-state index contributed by atoms with van der Waals surface area (Å²) in [6.07, 6.45) is -7.16. The molecule has 2 rings (SSSR count). The van der Waals surface area contributed by atoms with Crippen molar-refractivity contribution >= 4 is 17.9 Å². The monoisotopic (exact) mass is 332 g/mol. The van der Waals surface area contributed by atoms with Gasteiger partial charge in [-0.3, -0.25) is 4.90 Å². The van der Waals surface area contributed by atoms with E-state index in [0.29, 0.717) is 5.56 Å². The van der Waals surface area contributed by atoms with Crippen LogP contribution in [0, 0.1) is 0 Å². The molecule has 23 heavy (non-hydrogen) atoms. The van der Waals surface area contributed by atoms with Crippen molar-refractivity contribution in [3.8, 4) is 0 Å². The van der Waals surface area contributed by atoms with Crippen LogP contribution in [0.1, 0.15) is 24.5 Å². The van der Waals surface area contributed by atoms with E-state index in [4.69, 9.17) is 9.84 Å². The molecule has 9 heteroatoms. The van der Waals surface area contributed by atoms with Gasteiger partial charge in [-0.1, -0.05) is 0 Å². The molecule has 0 aliphatic carbocycles. The zero-order valence-electron chi connectivity index (χ0n) is 12.2. The number of carboxylic acid groups (broad SMARTS) is 1. The number of aryl methyl sites for hydroxylation is 1. The molecule has 1 aromatic rings. The van der Waals surface area contributed by atoms with Gasteiger partial charge in [0.05, 0.1) is 17.9 Å². The highest BCUT2D eigenvalue weighted by Gasteiger charge is 2.36. The normalized spacial score (nSPS) is 17.4. The number of ether oxygens (including phenoxy) is 1. The Bertz CT molecular complexity index is 619. The minimum atomic E-state index is -4.49. The summed E-state index contributed by atoms with van der Waals surface area (Å²) in [6, 6.07) is 2.98. The number of hydrogen-bond donors (Lipinski definition) is 2. The van der Waals surface area contributed by atoms with Gasteiger partial charge in [0.25, 0.3) is 0 Å². The van der Waals surface area contributed by atoms with Crippen LogP contribution in [0.2, 0.25) is 0 Å². The van der Waals surface area contributed by atoms with Crippen LogP contribution in [-0.2, 0) is 17.3 Å². The molecule has 0 fully saturated rings. The first-order valence-electron chi connectivity index (χ1n) is 6.89. The molecule has 2 amide bonds. The Kier molecular flexibility index (Phi) is 4.67. The highest BCUT2D eigenvalue weighted by molar-refractivity contribution is 5.90. The molecule has 1 unspecified atom stereocenters. The smallest absolute Gasteiger partial charge is 0.416 e. The van der Waals surface area contributed by atoms with Crippen molar-refractivity contribution < 1.29 is 32.6 Å². The van der Waals surface area contributed by atoms with Gasteiger partial charge in [-0.2, -0.15) is 13.2 Å². The van der Waals surface area contributed by atoms with E-state index in [2.05, 4.69) is 5.32 Å². The summed E-state index contributed by atoms with van der Waals surface area (Å²) in [5.41, 5.74) is -0.289. The van der Waals surface area contributed by atoms with E-state index in [1.807, 2.05) is 0 Å². The fraction of sp³-hybridized carbons (Fsp3) is 0.429. The number of nitrogens with zero attached hydrogens (tertiary/aromatic N) is 1. The molecule has 1 aliphatic heterocycles. The second-order valence-corrected chi connectivity index (χ2v) is 4.91. The van der Waals surface area contributed by atoms with Gasteiger partial charge in [0.2, 0.25) is 0 Å². The number of halogens is 3. The summed E-state index contributed by atoms with van der Waals surface area (Å²) < 4.78 is 43.2. The summed E-state index contributed by atoms with van der Waals surface area (Å²) in [6.45, 7) is 1.64. The Morgan fingerprint density at radius 1 is 1.43 bits per heavy atom. The maximum absolute atomic E-state index is 12.8. The van der Waals surface area contributed by atoms with E-state index in [1.165, 1.54) is 0 Å². The molecule has 1 atom stereocenters. The van der Waals surface area contributed by atoms with Gasteiger partial charge in [-0.25, -0.2) is 9.59 Å². The van der Waals surface area contributed by atoms with Crippen LogP contribution in [0.15, 0.2) is 18.2 Å². The third kappa shape index (κ3) is 3.66. The van der Waals surface area contributed by atoms with E-state index in [-0.39, 0.29) is 25.1 Å². The zero-order chi connectivity index (χ0) is 17.2. The molecule has 1 aromatic carbocycles. The quantitative estimate of drug-likeness (QED) is 0.872. The molecule has 0 bridgehead atoms.